The third kappa shape index (κ3) is 4.90. The van der Waals surface area contributed by atoms with Crippen LogP contribution in [0.4, 0.5) is 0 Å². The van der Waals surface area contributed by atoms with E-state index in [2.05, 4.69) is 27.4 Å². The van der Waals surface area contributed by atoms with Gasteiger partial charge in [0.1, 0.15) is 5.82 Å². The summed E-state index contributed by atoms with van der Waals surface area (Å²) >= 11 is 0. The number of rotatable bonds is 9. The van der Waals surface area contributed by atoms with Gasteiger partial charge in [-0.25, -0.2) is 4.98 Å². The zero-order valence-electron chi connectivity index (χ0n) is 15.6. The molecule has 1 atom stereocenters. The molecule has 1 aromatic heterocycles. The maximum atomic E-state index is 12.5. The smallest absolute Gasteiger partial charge is 0.258 e. The summed E-state index contributed by atoms with van der Waals surface area (Å²) in [5.74, 6) is -1.12. The quantitative estimate of drug-likeness (QED) is 0.555. The number of fused-ring (bicyclic) bond motifs is 1. The number of carbonyl (C=O) groups excluding carboxylic acids is 1. The molecule has 142 valence electrons. The Morgan fingerprint density at radius 2 is 1.86 bits per heavy atom. The third-order valence-corrected chi connectivity index (χ3v) is 4.67. The van der Waals surface area contributed by atoms with Crippen molar-refractivity contribution in [1.82, 2.24) is 9.97 Å². The average molecular weight is 375 g/mol. The number of Topliss-reactive ketones (excluding diaryl/α,β-unsaturated/α-hetero) is 1. The highest BCUT2D eigenvalue weighted by Gasteiger charge is 2.23. The number of ketones is 1. The zero-order valence-corrected chi connectivity index (χ0v) is 15.6. The molecule has 0 aliphatic heterocycles. The molecule has 6 heteroatoms. The van der Waals surface area contributed by atoms with Gasteiger partial charge in [-0.05, 0) is 17.7 Å². The van der Waals surface area contributed by atoms with Crippen LogP contribution >= 0.6 is 0 Å². The van der Waals surface area contributed by atoms with E-state index in [0.717, 1.165) is 19.5 Å². The molecule has 2 aromatic carbocycles. The van der Waals surface area contributed by atoms with Crippen LogP contribution in [-0.4, -0.2) is 28.8 Å². The Hall–Kier alpha value is -3.30. The molecule has 3 aromatic rings. The van der Waals surface area contributed by atoms with E-state index in [0.29, 0.717) is 17.3 Å². The minimum Gasteiger partial charge on any atom is -0.346 e. The van der Waals surface area contributed by atoms with Gasteiger partial charge in [0.05, 0.1) is 30.1 Å². The van der Waals surface area contributed by atoms with Crippen molar-refractivity contribution < 1.29 is 10.1 Å². The number of nitrogens with one attached hydrogen (secondary N) is 1. The van der Waals surface area contributed by atoms with E-state index in [1.54, 1.807) is 24.3 Å². The van der Waals surface area contributed by atoms with Crippen molar-refractivity contribution in [3.63, 3.8) is 0 Å². The standard InChI is InChI=1S/C22H22N4O2/c23-15-18(21-25-19-10-5-4-9-17(19)22(28)26-21)20(27)11-6-13-24-14-12-16-7-2-1-3-8-16/h1-5,7-10,18,24H,6,11-14H2,(H,25,26,28)/p+1/t18-/m0/s1. The number of para-hydroxylation sites is 1. The van der Waals surface area contributed by atoms with Crippen LogP contribution in [0.2, 0.25) is 0 Å². The van der Waals surface area contributed by atoms with E-state index in [1.807, 2.05) is 24.3 Å². The molecule has 1 heterocycles. The highest BCUT2D eigenvalue weighted by molar-refractivity contribution is 5.88. The molecule has 28 heavy (non-hydrogen) atoms. The van der Waals surface area contributed by atoms with Crippen LogP contribution in [0.25, 0.3) is 10.9 Å². The second-order valence-corrected chi connectivity index (χ2v) is 6.70. The summed E-state index contributed by atoms with van der Waals surface area (Å²) in [7, 11) is 0. The Bertz CT molecular complexity index is 1040. The van der Waals surface area contributed by atoms with Crippen LogP contribution in [0.15, 0.2) is 59.4 Å². The number of aromatic amines is 1. The van der Waals surface area contributed by atoms with E-state index in [1.165, 1.54) is 5.56 Å². The molecule has 0 bridgehead atoms. The SMILES string of the molecule is N#C[C@@H](C(=O)CCC[NH2+]CCc1ccccc1)c1nc2ccccc2c(=O)[nH]1. The lowest BCUT2D eigenvalue weighted by Crippen LogP contribution is -2.84. The summed E-state index contributed by atoms with van der Waals surface area (Å²) in [4.78, 5) is 31.6. The first-order valence-electron chi connectivity index (χ1n) is 9.46. The fourth-order valence-corrected chi connectivity index (χ4v) is 3.15. The van der Waals surface area contributed by atoms with Gasteiger partial charge in [0.25, 0.3) is 5.56 Å². The molecule has 3 N–H and O–H groups in total. The van der Waals surface area contributed by atoms with Crippen molar-refractivity contribution in [2.75, 3.05) is 13.1 Å². The molecule has 0 unspecified atom stereocenters. The lowest BCUT2D eigenvalue weighted by atomic mass is 10.0. The maximum absolute atomic E-state index is 12.5. The first-order valence-corrected chi connectivity index (χ1v) is 9.46. The van der Waals surface area contributed by atoms with Crippen molar-refractivity contribution in [3.05, 3.63) is 76.3 Å². The molecule has 0 saturated carbocycles. The predicted octanol–water partition coefficient (Wildman–Crippen LogP) is 1.69. The fraction of sp³-hybridized carbons (Fsp3) is 0.273. The van der Waals surface area contributed by atoms with Gasteiger partial charge >= 0.3 is 0 Å². The maximum Gasteiger partial charge on any atom is 0.258 e. The Morgan fingerprint density at radius 1 is 1.11 bits per heavy atom. The zero-order chi connectivity index (χ0) is 19.8. The molecule has 0 aliphatic rings. The summed E-state index contributed by atoms with van der Waals surface area (Å²) in [6.07, 6.45) is 1.96. The van der Waals surface area contributed by atoms with Gasteiger partial charge in [0, 0.05) is 19.3 Å². The van der Waals surface area contributed by atoms with Crippen LogP contribution in [0.3, 0.4) is 0 Å². The van der Waals surface area contributed by atoms with Crippen LogP contribution in [0.5, 0.6) is 0 Å². The number of aromatic nitrogens is 2. The van der Waals surface area contributed by atoms with E-state index in [9.17, 15) is 14.9 Å². The molecular formula is C22H23N4O2+. The molecule has 0 saturated heterocycles. The molecule has 0 spiro atoms. The van der Waals surface area contributed by atoms with Crippen molar-refractivity contribution in [3.8, 4) is 6.07 Å². The summed E-state index contributed by atoms with van der Waals surface area (Å²) in [6, 6.07) is 19.1. The molecule has 0 fully saturated rings. The number of nitrogens with zero attached hydrogens (tertiary/aromatic N) is 2. The second-order valence-electron chi connectivity index (χ2n) is 6.70. The molecule has 0 aliphatic carbocycles. The van der Waals surface area contributed by atoms with Crippen molar-refractivity contribution in [2.45, 2.75) is 25.2 Å². The minimum absolute atomic E-state index is 0.129. The summed E-state index contributed by atoms with van der Waals surface area (Å²) < 4.78 is 0. The normalized spacial score (nSPS) is 11.8. The minimum atomic E-state index is -1.04. The Kier molecular flexibility index (Phi) is 6.66. The molecular weight excluding hydrogens is 352 g/mol. The number of hydrogen-bond acceptors (Lipinski definition) is 4. The second kappa shape index (κ2) is 9.58. The summed E-state index contributed by atoms with van der Waals surface area (Å²) in [5, 5.41) is 12.1. The lowest BCUT2D eigenvalue weighted by molar-refractivity contribution is -0.654. The summed E-state index contributed by atoms with van der Waals surface area (Å²) in [6.45, 7) is 1.78. The van der Waals surface area contributed by atoms with E-state index < -0.39 is 5.92 Å². The van der Waals surface area contributed by atoms with Gasteiger partial charge in [-0.2, -0.15) is 5.26 Å². The topological polar surface area (TPSA) is 103 Å². The van der Waals surface area contributed by atoms with Gasteiger partial charge in [-0.3, -0.25) is 9.59 Å². The molecule has 3 rings (SSSR count). The van der Waals surface area contributed by atoms with Gasteiger partial charge in [-0.15, -0.1) is 0 Å². The first kappa shape index (κ1) is 19.5. The Balaban J connectivity index is 1.51. The lowest BCUT2D eigenvalue weighted by Gasteiger charge is -2.08. The number of quaternary nitrogens is 1. The summed E-state index contributed by atoms with van der Waals surface area (Å²) in [5.41, 5.74) is 1.46. The highest BCUT2D eigenvalue weighted by atomic mass is 16.1. The van der Waals surface area contributed by atoms with Gasteiger partial charge in [-0.1, -0.05) is 42.5 Å². The largest absolute Gasteiger partial charge is 0.346 e. The molecule has 0 radical (unpaired) electrons. The monoisotopic (exact) mass is 375 g/mol. The van der Waals surface area contributed by atoms with Gasteiger partial charge < -0.3 is 10.3 Å². The van der Waals surface area contributed by atoms with Crippen molar-refractivity contribution in [2.24, 2.45) is 0 Å². The van der Waals surface area contributed by atoms with Crippen LogP contribution in [-0.2, 0) is 11.2 Å². The average Bonchev–Trinajstić information content (AvgIpc) is 2.72. The highest BCUT2D eigenvalue weighted by Crippen LogP contribution is 2.15. The Morgan fingerprint density at radius 3 is 2.64 bits per heavy atom. The number of nitrogens with two attached hydrogens (primary N) is 1. The third-order valence-electron chi connectivity index (χ3n) is 4.67. The van der Waals surface area contributed by atoms with E-state index in [4.69, 9.17) is 0 Å². The predicted molar refractivity (Wildman–Crippen MR) is 107 cm³/mol. The number of benzene rings is 2. The molecule has 0 amide bonds. The number of H-pyrrole nitrogens is 1. The van der Waals surface area contributed by atoms with Gasteiger partial charge in [0.2, 0.25) is 0 Å². The molecule has 6 nitrogen and oxygen atoms in total. The van der Waals surface area contributed by atoms with Crippen molar-refractivity contribution >= 4 is 16.7 Å². The van der Waals surface area contributed by atoms with Crippen LogP contribution in [0, 0.1) is 11.3 Å². The van der Waals surface area contributed by atoms with Crippen LogP contribution in [0.1, 0.15) is 30.1 Å². The fourth-order valence-electron chi connectivity index (χ4n) is 3.15. The van der Waals surface area contributed by atoms with E-state index >= 15 is 0 Å². The first-order chi connectivity index (χ1) is 13.7. The van der Waals surface area contributed by atoms with Gasteiger partial charge in [0.15, 0.2) is 11.7 Å². The van der Waals surface area contributed by atoms with Crippen LogP contribution < -0.4 is 10.9 Å². The van der Waals surface area contributed by atoms with Crippen molar-refractivity contribution in [1.29, 1.82) is 5.26 Å². The Labute approximate surface area is 163 Å². The van der Waals surface area contributed by atoms with E-state index in [-0.39, 0.29) is 23.6 Å². The number of hydrogen-bond donors (Lipinski definition) is 2. The number of nitriles is 1. The number of carbonyl (C=O) groups is 1.